The van der Waals surface area contributed by atoms with E-state index < -0.39 is 6.10 Å². The van der Waals surface area contributed by atoms with E-state index in [2.05, 4.69) is 42.6 Å². The first kappa shape index (κ1) is 25.3. The lowest BCUT2D eigenvalue weighted by Crippen LogP contribution is -2.40. The van der Waals surface area contributed by atoms with E-state index in [1.165, 1.54) is 11.1 Å². The Morgan fingerprint density at radius 3 is 2.33 bits per heavy atom. The van der Waals surface area contributed by atoms with Crippen LogP contribution in [0.25, 0.3) is 0 Å². The number of nitrogens with zero attached hydrogens (tertiary/aromatic N) is 1. The van der Waals surface area contributed by atoms with E-state index in [9.17, 15) is 9.59 Å². The zero-order chi connectivity index (χ0) is 25.7. The van der Waals surface area contributed by atoms with E-state index in [1.54, 1.807) is 31.4 Å². The molecule has 0 radical (unpaired) electrons. The predicted molar refractivity (Wildman–Crippen MR) is 142 cm³/mol. The van der Waals surface area contributed by atoms with Gasteiger partial charge in [0.1, 0.15) is 11.5 Å². The van der Waals surface area contributed by atoms with Crippen LogP contribution in [0.1, 0.15) is 55.0 Å². The molecule has 0 saturated carbocycles. The lowest BCUT2D eigenvalue weighted by Gasteiger charge is -2.38. The van der Waals surface area contributed by atoms with Crippen LogP contribution in [0.5, 0.6) is 11.5 Å². The number of hydrogen-bond donors (Lipinski definition) is 1. The van der Waals surface area contributed by atoms with Crippen LogP contribution < -0.4 is 14.8 Å². The Morgan fingerprint density at radius 2 is 1.69 bits per heavy atom. The Labute approximate surface area is 213 Å². The number of anilines is 1. The number of hydrogen-bond acceptors (Lipinski definition) is 4. The minimum Gasteiger partial charge on any atom is -0.497 e. The predicted octanol–water partition coefficient (Wildman–Crippen LogP) is 5.68. The van der Waals surface area contributed by atoms with Gasteiger partial charge in [0, 0.05) is 18.7 Å². The normalized spacial score (nSPS) is 15.6. The van der Waals surface area contributed by atoms with E-state index in [1.807, 2.05) is 30.9 Å². The summed E-state index contributed by atoms with van der Waals surface area (Å²) in [5.74, 6) is 1.26. The van der Waals surface area contributed by atoms with E-state index in [0.29, 0.717) is 30.8 Å². The Hall–Kier alpha value is -3.80. The summed E-state index contributed by atoms with van der Waals surface area (Å²) in [5.41, 5.74) is 5.18. The maximum Gasteiger partial charge on any atom is 0.265 e. The summed E-state index contributed by atoms with van der Waals surface area (Å²) in [4.78, 5) is 27.8. The first-order valence-corrected chi connectivity index (χ1v) is 12.5. The Bertz CT molecular complexity index is 1200. The molecule has 0 saturated heterocycles. The number of fused-ring (bicyclic) bond motifs is 1. The average molecular weight is 487 g/mol. The van der Waals surface area contributed by atoms with Gasteiger partial charge < -0.3 is 19.7 Å². The third-order valence-corrected chi connectivity index (χ3v) is 6.66. The van der Waals surface area contributed by atoms with Crippen molar-refractivity contribution in [3.63, 3.8) is 0 Å². The van der Waals surface area contributed by atoms with Gasteiger partial charge in [0.05, 0.1) is 13.2 Å². The smallest absolute Gasteiger partial charge is 0.265 e. The van der Waals surface area contributed by atoms with Crippen LogP contribution in [0.3, 0.4) is 0 Å². The van der Waals surface area contributed by atoms with Gasteiger partial charge in [-0.3, -0.25) is 9.59 Å². The Balaban J connectivity index is 1.59. The fourth-order valence-corrected chi connectivity index (χ4v) is 4.63. The number of carbonyl (C=O) groups excluding carboxylic acids is 2. The first-order valence-electron chi connectivity index (χ1n) is 12.5. The molecule has 188 valence electrons. The minimum absolute atomic E-state index is 0.128. The van der Waals surface area contributed by atoms with Crippen LogP contribution in [0.4, 0.5) is 5.69 Å². The highest BCUT2D eigenvalue weighted by atomic mass is 16.5. The summed E-state index contributed by atoms with van der Waals surface area (Å²) in [7, 11) is 1.61. The molecular formula is C30H34N2O4. The summed E-state index contributed by atoms with van der Waals surface area (Å²) >= 11 is 0. The number of aryl methyl sites for hydroxylation is 1. The van der Waals surface area contributed by atoms with Gasteiger partial charge in [0.25, 0.3) is 5.91 Å². The van der Waals surface area contributed by atoms with E-state index in [0.717, 1.165) is 23.3 Å². The number of benzene rings is 3. The van der Waals surface area contributed by atoms with Gasteiger partial charge in [-0.1, -0.05) is 49.7 Å². The van der Waals surface area contributed by atoms with Crippen LogP contribution >= 0.6 is 0 Å². The van der Waals surface area contributed by atoms with E-state index in [-0.39, 0.29) is 17.9 Å². The number of rotatable bonds is 8. The molecule has 1 aliphatic heterocycles. The van der Waals surface area contributed by atoms with Crippen molar-refractivity contribution >= 4 is 17.5 Å². The molecule has 6 heteroatoms. The van der Waals surface area contributed by atoms with Crippen LogP contribution in [0, 0.1) is 6.92 Å². The topological polar surface area (TPSA) is 67.9 Å². The molecule has 0 bridgehead atoms. The standard InChI is InChI=1S/C30H34N2O4/c1-5-27(30(34)31-23-12-15-24(35-4)16-13-23)36-25-14-11-21-17-18-32(28(33)6-2)29(26(21)19-25)22-9-7-20(3)8-10-22/h7-16,19,27,29H,5-6,17-18H2,1-4H3,(H,31,34)/t27-,29+/m1/s1. The molecule has 0 aromatic heterocycles. The molecule has 0 spiro atoms. The highest BCUT2D eigenvalue weighted by molar-refractivity contribution is 5.94. The molecule has 36 heavy (non-hydrogen) atoms. The van der Waals surface area contributed by atoms with Crippen molar-refractivity contribution in [2.45, 2.75) is 52.2 Å². The van der Waals surface area contributed by atoms with Crippen molar-refractivity contribution in [1.82, 2.24) is 4.90 Å². The molecule has 0 aliphatic carbocycles. The molecule has 0 fully saturated rings. The van der Waals surface area contributed by atoms with Gasteiger partial charge in [-0.25, -0.2) is 0 Å². The summed E-state index contributed by atoms with van der Waals surface area (Å²) in [6, 6.07) is 21.3. The molecule has 3 aromatic carbocycles. The third-order valence-electron chi connectivity index (χ3n) is 6.66. The van der Waals surface area contributed by atoms with E-state index in [4.69, 9.17) is 9.47 Å². The molecule has 2 amide bonds. The van der Waals surface area contributed by atoms with Gasteiger partial charge in [0.2, 0.25) is 5.91 Å². The molecule has 0 unspecified atom stereocenters. The molecule has 3 aromatic rings. The van der Waals surface area contributed by atoms with Gasteiger partial charge in [-0.2, -0.15) is 0 Å². The average Bonchev–Trinajstić information content (AvgIpc) is 2.91. The minimum atomic E-state index is -0.653. The van der Waals surface area contributed by atoms with Crippen molar-refractivity contribution in [2.75, 3.05) is 19.0 Å². The highest BCUT2D eigenvalue weighted by Gasteiger charge is 2.32. The maximum atomic E-state index is 13.0. The third kappa shape index (κ3) is 5.54. The Morgan fingerprint density at radius 1 is 1.00 bits per heavy atom. The monoisotopic (exact) mass is 486 g/mol. The number of ether oxygens (including phenoxy) is 2. The SMILES string of the molecule is CCC(=O)N1CCc2ccc(O[C@H](CC)C(=O)Nc3ccc(OC)cc3)cc2[C@@H]1c1ccc(C)cc1. The highest BCUT2D eigenvalue weighted by Crippen LogP contribution is 2.38. The number of methoxy groups -OCH3 is 1. The molecule has 4 rings (SSSR count). The Kier molecular flexibility index (Phi) is 7.93. The summed E-state index contributed by atoms with van der Waals surface area (Å²) in [6.45, 7) is 6.56. The largest absolute Gasteiger partial charge is 0.497 e. The lowest BCUT2D eigenvalue weighted by molar-refractivity contribution is -0.133. The van der Waals surface area contributed by atoms with Crippen molar-refractivity contribution in [1.29, 1.82) is 0 Å². The molecule has 2 atom stereocenters. The van der Waals surface area contributed by atoms with Crippen LogP contribution in [0.2, 0.25) is 0 Å². The first-order chi connectivity index (χ1) is 17.4. The van der Waals surface area contributed by atoms with Crippen LogP contribution in [-0.4, -0.2) is 36.5 Å². The van der Waals surface area contributed by atoms with Gasteiger partial charge in [-0.05, 0) is 72.9 Å². The van der Waals surface area contributed by atoms with Crippen molar-refractivity contribution in [3.8, 4) is 11.5 Å². The number of amides is 2. The van der Waals surface area contributed by atoms with Gasteiger partial charge >= 0.3 is 0 Å². The second-order valence-electron chi connectivity index (χ2n) is 9.10. The second-order valence-corrected chi connectivity index (χ2v) is 9.10. The zero-order valence-electron chi connectivity index (χ0n) is 21.4. The fourth-order valence-electron chi connectivity index (χ4n) is 4.63. The fraction of sp³-hybridized carbons (Fsp3) is 0.333. The van der Waals surface area contributed by atoms with Crippen molar-refractivity contribution in [2.24, 2.45) is 0 Å². The van der Waals surface area contributed by atoms with Gasteiger partial charge in [-0.15, -0.1) is 0 Å². The maximum absolute atomic E-state index is 13.0. The van der Waals surface area contributed by atoms with E-state index >= 15 is 0 Å². The molecule has 1 aliphatic rings. The molecule has 1 N–H and O–H groups in total. The van der Waals surface area contributed by atoms with Gasteiger partial charge in [0.15, 0.2) is 6.10 Å². The van der Waals surface area contributed by atoms with Crippen LogP contribution in [0.15, 0.2) is 66.7 Å². The second kappa shape index (κ2) is 11.3. The summed E-state index contributed by atoms with van der Waals surface area (Å²) < 4.78 is 11.4. The van der Waals surface area contributed by atoms with Crippen LogP contribution in [-0.2, 0) is 16.0 Å². The molecular weight excluding hydrogens is 452 g/mol. The van der Waals surface area contributed by atoms with Crippen molar-refractivity contribution in [3.05, 3.63) is 89.0 Å². The molecule has 6 nitrogen and oxygen atoms in total. The quantitative estimate of drug-likeness (QED) is 0.445. The number of nitrogens with one attached hydrogen (secondary N) is 1. The lowest BCUT2D eigenvalue weighted by atomic mass is 9.87. The van der Waals surface area contributed by atoms with Crippen molar-refractivity contribution < 1.29 is 19.1 Å². The zero-order valence-corrected chi connectivity index (χ0v) is 21.4. The summed E-state index contributed by atoms with van der Waals surface area (Å²) in [5, 5.41) is 2.92. The number of carbonyl (C=O) groups is 2. The molecule has 1 heterocycles. The summed E-state index contributed by atoms with van der Waals surface area (Å²) in [6.07, 6.45) is 1.11.